The Morgan fingerprint density at radius 1 is 1.00 bits per heavy atom. The van der Waals surface area contributed by atoms with Crippen LogP contribution in [0.3, 0.4) is 0 Å². The molecule has 0 spiro atoms. The molecule has 7 nitrogen and oxygen atoms in total. The van der Waals surface area contributed by atoms with Crippen LogP contribution in [0.25, 0.3) is 28.4 Å². The molecule has 1 amide bonds. The first-order valence-corrected chi connectivity index (χ1v) is 10.4. The summed E-state index contributed by atoms with van der Waals surface area (Å²) in [6, 6.07) is 19.2. The van der Waals surface area contributed by atoms with Gasteiger partial charge in [-0.2, -0.15) is 4.68 Å². The average molecular weight is 462 g/mol. The van der Waals surface area contributed by atoms with Crippen molar-refractivity contribution in [2.24, 2.45) is 0 Å². The third-order valence-corrected chi connectivity index (χ3v) is 5.27. The lowest BCUT2D eigenvalue weighted by molar-refractivity contribution is -0.112. The minimum absolute atomic E-state index is 0.232. The summed E-state index contributed by atoms with van der Waals surface area (Å²) in [4.78, 5) is 30.7. The Balaban J connectivity index is 1.82. The Kier molecular flexibility index (Phi) is 6.42. The molecule has 8 heteroatoms. The Bertz CT molecular complexity index is 1410. The monoisotopic (exact) mass is 461 g/mol. The fourth-order valence-electron chi connectivity index (χ4n) is 3.29. The number of para-hydroxylation sites is 1. The van der Waals surface area contributed by atoms with Crippen molar-refractivity contribution in [1.29, 1.82) is 0 Å². The largest absolute Gasteiger partial charge is 0.497 e. The summed E-state index contributed by atoms with van der Waals surface area (Å²) >= 11 is 6.15. The summed E-state index contributed by atoms with van der Waals surface area (Å²) in [6.07, 6.45) is 2.88. The number of rotatable bonds is 6. The van der Waals surface area contributed by atoms with E-state index in [0.29, 0.717) is 38.6 Å². The second-order valence-corrected chi connectivity index (χ2v) is 7.43. The van der Waals surface area contributed by atoms with Gasteiger partial charge in [0.25, 0.3) is 11.5 Å². The molecule has 0 bridgehead atoms. The van der Waals surface area contributed by atoms with Gasteiger partial charge in [0.1, 0.15) is 11.5 Å². The molecule has 0 radical (unpaired) electrons. The molecule has 33 heavy (non-hydrogen) atoms. The molecule has 1 N–H and O–H groups in total. The molecule has 1 aromatic heterocycles. The van der Waals surface area contributed by atoms with Gasteiger partial charge in [-0.25, -0.2) is 4.98 Å². The average Bonchev–Trinajstić information content (AvgIpc) is 2.84. The van der Waals surface area contributed by atoms with E-state index in [1.807, 2.05) is 6.07 Å². The highest BCUT2D eigenvalue weighted by Gasteiger charge is 2.16. The van der Waals surface area contributed by atoms with Gasteiger partial charge >= 0.3 is 0 Å². The maximum absolute atomic E-state index is 13.3. The molecule has 0 saturated heterocycles. The van der Waals surface area contributed by atoms with Crippen molar-refractivity contribution < 1.29 is 14.3 Å². The summed E-state index contributed by atoms with van der Waals surface area (Å²) in [6.45, 7) is 0. The number of nitrogens with one attached hydrogen (secondary N) is 1. The summed E-state index contributed by atoms with van der Waals surface area (Å²) in [5.41, 5.74) is 3.91. The van der Waals surface area contributed by atoms with Crippen molar-refractivity contribution in [1.82, 2.24) is 9.66 Å². The number of methoxy groups -OCH3 is 2. The van der Waals surface area contributed by atoms with E-state index in [4.69, 9.17) is 21.1 Å². The molecule has 0 aliphatic rings. The van der Waals surface area contributed by atoms with E-state index in [0.717, 1.165) is 4.68 Å². The van der Waals surface area contributed by atoms with Crippen LogP contribution in [-0.4, -0.2) is 29.8 Å². The number of hydrogen-bond acceptors (Lipinski definition) is 5. The van der Waals surface area contributed by atoms with Gasteiger partial charge in [0.15, 0.2) is 5.82 Å². The standard InChI is InChI=1S/C25H20ClN3O4/c1-32-18-13-17(14-19(15-18)33-2)24-27-22-10-6-4-8-20(22)25(31)29(24)28-23(30)12-11-16-7-3-5-9-21(16)26/h3-15H,1-2H3,(H,28,30)/b12-11+. The number of benzene rings is 3. The van der Waals surface area contributed by atoms with Crippen LogP contribution >= 0.6 is 11.6 Å². The number of amides is 1. The molecule has 4 rings (SSSR count). The third-order valence-electron chi connectivity index (χ3n) is 4.93. The molecule has 3 aromatic carbocycles. The molecule has 0 unspecified atom stereocenters. The number of fused-ring (bicyclic) bond motifs is 1. The molecular weight excluding hydrogens is 442 g/mol. The zero-order chi connectivity index (χ0) is 23.4. The van der Waals surface area contributed by atoms with E-state index >= 15 is 0 Å². The zero-order valence-corrected chi connectivity index (χ0v) is 18.7. The molecule has 0 aliphatic carbocycles. The number of ether oxygens (including phenoxy) is 2. The first-order chi connectivity index (χ1) is 16.0. The molecule has 166 valence electrons. The topological polar surface area (TPSA) is 82.4 Å². The van der Waals surface area contributed by atoms with Gasteiger partial charge in [-0.15, -0.1) is 0 Å². The Labute approximate surface area is 194 Å². The van der Waals surface area contributed by atoms with E-state index in [1.165, 1.54) is 20.3 Å². The van der Waals surface area contributed by atoms with Crippen molar-refractivity contribution in [3.05, 3.63) is 93.7 Å². The Hall–Kier alpha value is -4.10. The van der Waals surface area contributed by atoms with Gasteiger partial charge in [-0.3, -0.25) is 15.0 Å². The fraction of sp³-hybridized carbons (Fsp3) is 0.0800. The van der Waals surface area contributed by atoms with Crippen LogP contribution in [0.5, 0.6) is 11.5 Å². The maximum Gasteiger partial charge on any atom is 0.280 e. The van der Waals surface area contributed by atoms with Crippen LogP contribution in [-0.2, 0) is 4.79 Å². The summed E-state index contributed by atoms with van der Waals surface area (Å²) in [7, 11) is 3.06. The molecular formula is C25H20ClN3O4. The highest BCUT2D eigenvalue weighted by molar-refractivity contribution is 6.32. The van der Waals surface area contributed by atoms with Crippen LogP contribution in [0.2, 0.25) is 5.02 Å². The van der Waals surface area contributed by atoms with Gasteiger partial charge in [-0.1, -0.05) is 41.9 Å². The van der Waals surface area contributed by atoms with Crippen molar-refractivity contribution >= 4 is 34.5 Å². The minimum atomic E-state index is -0.523. The second kappa shape index (κ2) is 9.58. The first-order valence-electron chi connectivity index (χ1n) is 9.99. The van der Waals surface area contributed by atoms with Gasteiger partial charge in [-0.05, 0) is 42.0 Å². The number of hydrogen-bond donors (Lipinski definition) is 1. The summed E-state index contributed by atoms with van der Waals surface area (Å²) < 4.78 is 11.8. The normalized spacial score (nSPS) is 11.0. The molecule has 0 aliphatic heterocycles. The Morgan fingerprint density at radius 2 is 1.67 bits per heavy atom. The number of nitrogens with zero attached hydrogens (tertiary/aromatic N) is 2. The summed E-state index contributed by atoms with van der Waals surface area (Å²) in [5.74, 6) is 0.743. The number of carbonyl (C=O) groups excluding carboxylic acids is 1. The summed E-state index contributed by atoms with van der Waals surface area (Å²) in [5, 5.41) is 0.877. The van der Waals surface area contributed by atoms with Gasteiger partial charge in [0.05, 0.1) is 25.1 Å². The van der Waals surface area contributed by atoms with E-state index in [1.54, 1.807) is 66.7 Å². The van der Waals surface area contributed by atoms with Crippen LogP contribution in [0.1, 0.15) is 5.56 Å². The molecule has 0 saturated carbocycles. The van der Waals surface area contributed by atoms with Crippen LogP contribution in [0, 0.1) is 0 Å². The van der Waals surface area contributed by atoms with Crippen molar-refractivity contribution in [2.75, 3.05) is 19.6 Å². The molecule has 4 aromatic rings. The predicted molar refractivity (Wildman–Crippen MR) is 129 cm³/mol. The second-order valence-electron chi connectivity index (χ2n) is 7.03. The van der Waals surface area contributed by atoms with Gasteiger partial charge < -0.3 is 9.47 Å². The first kappa shape index (κ1) is 22.1. The number of halogens is 1. The molecule has 0 fully saturated rings. The Morgan fingerprint density at radius 3 is 2.36 bits per heavy atom. The lowest BCUT2D eigenvalue weighted by Gasteiger charge is -2.15. The van der Waals surface area contributed by atoms with E-state index in [-0.39, 0.29) is 5.82 Å². The zero-order valence-electron chi connectivity index (χ0n) is 17.9. The highest BCUT2D eigenvalue weighted by Crippen LogP contribution is 2.29. The van der Waals surface area contributed by atoms with Crippen LogP contribution in [0.15, 0.2) is 77.6 Å². The quantitative estimate of drug-likeness (QED) is 0.427. The van der Waals surface area contributed by atoms with Gasteiger partial charge in [0.2, 0.25) is 0 Å². The van der Waals surface area contributed by atoms with E-state index < -0.39 is 11.5 Å². The highest BCUT2D eigenvalue weighted by atomic mass is 35.5. The van der Waals surface area contributed by atoms with Crippen molar-refractivity contribution in [3.63, 3.8) is 0 Å². The van der Waals surface area contributed by atoms with Crippen molar-refractivity contribution in [2.45, 2.75) is 0 Å². The van der Waals surface area contributed by atoms with Gasteiger partial charge in [0, 0.05) is 22.7 Å². The predicted octanol–water partition coefficient (Wildman–Crippen LogP) is 4.52. The lowest BCUT2D eigenvalue weighted by atomic mass is 10.1. The minimum Gasteiger partial charge on any atom is -0.497 e. The molecule has 0 atom stereocenters. The van der Waals surface area contributed by atoms with Crippen LogP contribution in [0.4, 0.5) is 0 Å². The van der Waals surface area contributed by atoms with Crippen LogP contribution < -0.4 is 20.5 Å². The third kappa shape index (κ3) is 4.73. The smallest absolute Gasteiger partial charge is 0.280 e. The maximum atomic E-state index is 13.3. The van der Waals surface area contributed by atoms with E-state index in [9.17, 15) is 9.59 Å². The lowest BCUT2D eigenvalue weighted by Crippen LogP contribution is -2.34. The number of carbonyl (C=O) groups is 1. The molecule has 1 heterocycles. The van der Waals surface area contributed by atoms with Crippen molar-refractivity contribution in [3.8, 4) is 22.9 Å². The SMILES string of the molecule is COc1cc(OC)cc(-c2nc3ccccc3c(=O)n2NC(=O)/C=C/c2ccccc2Cl)c1. The number of aromatic nitrogens is 2. The van der Waals surface area contributed by atoms with E-state index in [2.05, 4.69) is 10.4 Å². The fourth-order valence-corrected chi connectivity index (χ4v) is 3.49.